The first-order valence-corrected chi connectivity index (χ1v) is 7.79. The first kappa shape index (κ1) is 17.1. The Morgan fingerprint density at radius 2 is 2.04 bits per heavy atom. The summed E-state index contributed by atoms with van der Waals surface area (Å²) in [5, 5.41) is 3.94. The highest BCUT2D eigenvalue weighted by molar-refractivity contribution is 5.96. The van der Waals surface area contributed by atoms with Crippen molar-refractivity contribution in [2.45, 2.75) is 33.1 Å². The summed E-state index contributed by atoms with van der Waals surface area (Å²) in [6.45, 7) is 6.38. The van der Waals surface area contributed by atoms with Crippen molar-refractivity contribution < 1.29 is 14.1 Å². The van der Waals surface area contributed by atoms with E-state index in [1.165, 1.54) is 0 Å². The van der Waals surface area contributed by atoms with E-state index in [4.69, 9.17) is 9.26 Å². The highest BCUT2D eigenvalue weighted by Crippen LogP contribution is 2.24. The summed E-state index contributed by atoms with van der Waals surface area (Å²) >= 11 is 0. The van der Waals surface area contributed by atoms with E-state index in [1.54, 1.807) is 26.0 Å². The molecule has 0 atom stereocenters. The molecule has 5 heteroatoms. The number of ether oxygens (including phenoxy) is 1. The Kier molecular flexibility index (Phi) is 5.42. The van der Waals surface area contributed by atoms with Crippen molar-refractivity contribution in [1.82, 2.24) is 10.1 Å². The zero-order chi connectivity index (χ0) is 17.0. The first-order valence-electron chi connectivity index (χ1n) is 7.79. The summed E-state index contributed by atoms with van der Waals surface area (Å²) < 4.78 is 10.7. The molecule has 0 aliphatic heterocycles. The lowest BCUT2D eigenvalue weighted by molar-refractivity contribution is 0.0793. The zero-order valence-electron chi connectivity index (χ0n) is 14.4. The second kappa shape index (κ2) is 7.31. The second-order valence-corrected chi connectivity index (χ2v) is 5.95. The molecule has 0 radical (unpaired) electrons. The molecule has 2 rings (SSSR count). The molecule has 124 valence electrons. The van der Waals surface area contributed by atoms with Gasteiger partial charge in [-0.3, -0.25) is 4.79 Å². The topological polar surface area (TPSA) is 55.6 Å². The number of carbonyl (C=O) groups is 1. The third kappa shape index (κ3) is 3.73. The van der Waals surface area contributed by atoms with Gasteiger partial charge in [0.25, 0.3) is 5.91 Å². The van der Waals surface area contributed by atoms with Gasteiger partial charge in [0.2, 0.25) is 0 Å². The van der Waals surface area contributed by atoms with Crippen LogP contribution in [0.3, 0.4) is 0 Å². The van der Waals surface area contributed by atoms with Crippen molar-refractivity contribution in [3.8, 4) is 5.75 Å². The smallest absolute Gasteiger partial charge is 0.259 e. The Balaban J connectivity index is 2.10. The van der Waals surface area contributed by atoms with Crippen LogP contribution in [0.1, 0.15) is 47.1 Å². The van der Waals surface area contributed by atoms with E-state index in [-0.39, 0.29) is 11.8 Å². The Morgan fingerprint density at radius 3 is 2.70 bits per heavy atom. The molecule has 0 spiro atoms. The van der Waals surface area contributed by atoms with Crippen molar-refractivity contribution in [1.29, 1.82) is 0 Å². The standard InChI is InChI=1S/C18H24N2O3/c1-12(2)17-16(13(3)19-23-17)18(21)20(4)11-10-14-8-6-7-9-15(14)22-5/h6-9,12H,10-11H2,1-5H3. The number of hydrogen-bond donors (Lipinski definition) is 0. The lowest BCUT2D eigenvalue weighted by Crippen LogP contribution is -2.30. The van der Waals surface area contributed by atoms with E-state index in [2.05, 4.69) is 5.16 Å². The van der Waals surface area contributed by atoms with Gasteiger partial charge in [-0.15, -0.1) is 0 Å². The van der Waals surface area contributed by atoms with Gasteiger partial charge in [0.05, 0.1) is 12.8 Å². The molecule has 0 saturated carbocycles. The molecule has 1 aromatic carbocycles. The van der Waals surface area contributed by atoms with Crippen LogP contribution in [0.15, 0.2) is 28.8 Å². The van der Waals surface area contributed by atoms with Crippen LogP contribution in [0, 0.1) is 6.92 Å². The molecule has 5 nitrogen and oxygen atoms in total. The first-order chi connectivity index (χ1) is 11.0. The number of rotatable bonds is 6. The molecule has 1 aromatic heterocycles. The predicted octanol–water partition coefficient (Wildman–Crippen LogP) is 3.43. The van der Waals surface area contributed by atoms with Crippen molar-refractivity contribution >= 4 is 5.91 Å². The van der Waals surface area contributed by atoms with Crippen LogP contribution in [-0.2, 0) is 6.42 Å². The van der Waals surface area contributed by atoms with Crippen LogP contribution in [0.4, 0.5) is 0 Å². The monoisotopic (exact) mass is 316 g/mol. The lowest BCUT2D eigenvalue weighted by atomic mass is 10.0. The summed E-state index contributed by atoms with van der Waals surface area (Å²) in [7, 11) is 3.46. The van der Waals surface area contributed by atoms with Crippen molar-refractivity contribution in [3.63, 3.8) is 0 Å². The number of aromatic nitrogens is 1. The molecular weight excluding hydrogens is 292 g/mol. The Bertz CT molecular complexity index is 677. The Labute approximate surface area is 137 Å². The van der Waals surface area contributed by atoms with Gasteiger partial charge >= 0.3 is 0 Å². The highest BCUT2D eigenvalue weighted by atomic mass is 16.5. The van der Waals surface area contributed by atoms with Crippen LogP contribution >= 0.6 is 0 Å². The van der Waals surface area contributed by atoms with Crippen molar-refractivity contribution in [3.05, 3.63) is 46.8 Å². The van der Waals surface area contributed by atoms with Gasteiger partial charge in [-0.25, -0.2) is 0 Å². The molecule has 0 N–H and O–H groups in total. The molecule has 1 amide bonds. The maximum atomic E-state index is 12.7. The molecule has 0 aliphatic carbocycles. The average molecular weight is 316 g/mol. The maximum absolute atomic E-state index is 12.7. The summed E-state index contributed by atoms with van der Waals surface area (Å²) in [5.41, 5.74) is 2.31. The van der Waals surface area contributed by atoms with Crippen LogP contribution in [0.5, 0.6) is 5.75 Å². The molecule has 2 aromatic rings. The largest absolute Gasteiger partial charge is 0.496 e. The highest BCUT2D eigenvalue weighted by Gasteiger charge is 2.25. The lowest BCUT2D eigenvalue weighted by Gasteiger charge is -2.18. The van der Waals surface area contributed by atoms with Crippen LogP contribution in [0.25, 0.3) is 0 Å². The SMILES string of the molecule is COc1ccccc1CCN(C)C(=O)c1c(C)noc1C(C)C. The number of likely N-dealkylation sites (N-methyl/N-ethyl adjacent to an activating group) is 1. The van der Waals surface area contributed by atoms with Gasteiger partial charge in [0, 0.05) is 19.5 Å². The fourth-order valence-electron chi connectivity index (χ4n) is 2.53. The normalized spacial score (nSPS) is 10.9. The van der Waals surface area contributed by atoms with E-state index >= 15 is 0 Å². The predicted molar refractivity (Wildman–Crippen MR) is 89.0 cm³/mol. The van der Waals surface area contributed by atoms with E-state index in [1.807, 2.05) is 38.1 Å². The van der Waals surface area contributed by atoms with Crippen LogP contribution < -0.4 is 4.74 Å². The second-order valence-electron chi connectivity index (χ2n) is 5.95. The van der Waals surface area contributed by atoms with Crippen molar-refractivity contribution in [2.75, 3.05) is 20.7 Å². The minimum absolute atomic E-state index is 0.0534. The number of carbonyl (C=O) groups excluding carboxylic acids is 1. The number of hydrogen-bond acceptors (Lipinski definition) is 4. The Hall–Kier alpha value is -2.30. The van der Waals surface area contributed by atoms with E-state index in [0.29, 0.717) is 23.6 Å². The number of aryl methyl sites for hydroxylation is 1. The maximum Gasteiger partial charge on any atom is 0.259 e. The van der Waals surface area contributed by atoms with E-state index < -0.39 is 0 Å². The molecule has 0 unspecified atom stereocenters. The summed E-state index contributed by atoms with van der Waals surface area (Å²) in [4.78, 5) is 14.4. The van der Waals surface area contributed by atoms with Crippen LogP contribution in [-0.4, -0.2) is 36.7 Å². The molecule has 0 bridgehead atoms. The minimum atomic E-state index is -0.0534. The molecule has 0 saturated heterocycles. The van der Waals surface area contributed by atoms with Gasteiger partial charge in [0.1, 0.15) is 11.3 Å². The Morgan fingerprint density at radius 1 is 1.35 bits per heavy atom. The molecule has 0 fully saturated rings. The molecule has 23 heavy (non-hydrogen) atoms. The summed E-state index contributed by atoms with van der Waals surface area (Å²) in [6, 6.07) is 7.85. The third-order valence-electron chi connectivity index (χ3n) is 3.88. The minimum Gasteiger partial charge on any atom is -0.496 e. The number of nitrogens with zero attached hydrogens (tertiary/aromatic N) is 2. The van der Waals surface area contributed by atoms with E-state index in [9.17, 15) is 4.79 Å². The quantitative estimate of drug-likeness (QED) is 0.819. The number of para-hydroxylation sites is 1. The molecule has 0 aliphatic rings. The van der Waals surface area contributed by atoms with Gasteiger partial charge < -0.3 is 14.2 Å². The molecule has 1 heterocycles. The summed E-state index contributed by atoms with van der Waals surface area (Å²) in [6.07, 6.45) is 0.730. The fourth-order valence-corrected chi connectivity index (χ4v) is 2.53. The molecular formula is C18H24N2O3. The van der Waals surface area contributed by atoms with Gasteiger partial charge in [-0.05, 0) is 25.0 Å². The van der Waals surface area contributed by atoms with Crippen molar-refractivity contribution in [2.24, 2.45) is 0 Å². The number of amides is 1. The zero-order valence-corrected chi connectivity index (χ0v) is 14.4. The average Bonchev–Trinajstić information content (AvgIpc) is 2.93. The number of methoxy groups -OCH3 is 1. The summed E-state index contributed by atoms with van der Waals surface area (Å²) in [5.74, 6) is 1.56. The van der Waals surface area contributed by atoms with Gasteiger partial charge in [-0.1, -0.05) is 37.2 Å². The number of benzene rings is 1. The fraction of sp³-hybridized carbons (Fsp3) is 0.444. The van der Waals surface area contributed by atoms with Gasteiger partial charge in [0.15, 0.2) is 5.76 Å². The van der Waals surface area contributed by atoms with Crippen LogP contribution in [0.2, 0.25) is 0 Å². The third-order valence-corrected chi connectivity index (χ3v) is 3.88. The van der Waals surface area contributed by atoms with E-state index in [0.717, 1.165) is 17.7 Å². The van der Waals surface area contributed by atoms with Gasteiger partial charge in [-0.2, -0.15) is 0 Å².